The summed E-state index contributed by atoms with van der Waals surface area (Å²) in [5, 5.41) is 0. The molecule has 1 atom stereocenters. The Morgan fingerprint density at radius 2 is 1.59 bits per heavy atom. The molecule has 1 unspecified atom stereocenters. The number of fused-ring (bicyclic) bond motifs is 1. The molecule has 2 aliphatic rings. The summed E-state index contributed by atoms with van der Waals surface area (Å²) in [4.78, 5) is 31.7. The van der Waals surface area contributed by atoms with Gasteiger partial charge >= 0.3 is 0 Å². The normalized spacial score (nSPS) is 19.0. The number of carbonyl (C=O) groups excluding carboxylic acids is 2. The molecule has 1 fully saturated rings. The number of piperazine rings is 1. The van der Waals surface area contributed by atoms with E-state index >= 15 is 0 Å². The SMILES string of the molecule is CC(N)(C(=O)N1CCN(CC(=O)N2CCc3ccccc32)CC1)c1ccccc1. The molecule has 29 heavy (non-hydrogen) atoms. The Kier molecular flexibility index (Phi) is 5.39. The van der Waals surface area contributed by atoms with E-state index in [0.717, 1.165) is 24.2 Å². The highest BCUT2D eigenvalue weighted by molar-refractivity contribution is 5.96. The highest BCUT2D eigenvalue weighted by Gasteiger charge is 2.36. The minimum atomic E-state index is -1.04. The monoisotopic (exact) mass is 392 g/mol. The molecule has 0 spiro atoms. The van der Waals surface area contributed by atoms with Gasteiger partial charge in [0.1, 0.15) is 5.54 Å². The number of rotatable bonds is 4. The molecule has 2 heterocycles. The van der Waals surface area contributed by atoms with Crippen LogP contribution in [-0.2, 0) is 21.5 Å². The Hall–Kier alpha value is -2.70. The van der Waals surface area contributed by atoms with Crippen LogP contribution in [0.1, 0.15) is 18.1 Å². The first-order valence-corrected chi connectivity index (χ1v) is 10.2. The van der Waals surface area contributed by atoms with Crippen molar-refractivity contribution in [1.82, 2.24) is 9.80 Å². The van der Waals surface area contributed by atoms with E-state index in [1.165, 1.54) is 5.56 Å². The summed E-state index contributed by atoms with van der Waals surface area (Å²) in [5.41, 5.74) is 8.43. The fourth-order valence-corrected chi connectivity index (χ4v) is 4.22. The van der Waals surface area contributed by atoms with E-state index < -0.39 is 5.54 Å². The highest BCUT2D eigenvalue weighted by Crippen LogP contribution is 2.27. The summed E-state index contributed by atoms with van der Waals surface area (Å²) in [5.74, 6) is 0.0609. The van der Waals surface area contributed by atoms with Gasteiger partial charge in [-0.25, -0.2) is 0 Å². The van der Waals surface area contributed by atoms with Gasteiger partial charge in [-0.05, 0) is 30.5 Å². The van der Waals surface area contributed by atoms with Crippen molar-refractivity contribution in [3.05, 3.63) is 65.7 Å². The van der Waals surface area contributed by atoms with Crippen LogP contribution in [0.25, 0.3) is 0 Å². The number of benzene rings is 2. The molecule has 4 rings (SSSR count). The molecule has 6 heteroatoms. The molecule has 6 nitrogen and oxygen atoms in total. The third-order valence-electron chi connectivity index (χ3n) is 6.02. The van der Waals surface area contributed by atoms with Gasteiger partial charge in [-0.2, -0.15) is 0 Å². The zero-order valence-electron chi connectivity index (χ0n) is 16.9. The minimum Gasteiger partial charge on any atom is -0.338 e. The summed E-state index contributed by atoms with van der Waals surface area (Å²) in [6, 6.07) is 17.6. The van der Waals surface area contributed by atoms with E-state index in [4.69, 9.17) is 5.73 Å². The molecular formula is C23H28N4O2. The lowest BCUT2D eigenvalue weighted by molar-refractivity contribution is -0.138. The van der Waals surface area contributed by atoms with Gasteiger partial charge < -0.3 is 15.5 Å². The summed E-state index contributed by atoms with van der Waals surface area (Å²) in [6.45, 7) is 5.43. The molecule has 2 aromatic rings. The van der Waals surface area contributed by atoms with E-state index in [1.807, 2.05) is 58.3 Å². The van der Waals surface area contributed by atoms with Gasteiger partial charge in [0.15, 0.2) is 0 Å². The highest BCUT2D eigenvalue weighted by atomic mass is 16.2. The third kappa shape index (κ3) is 3.91. The average Bonchev–Trinajstić information content (AvgIpc) is 3.19. The number of anilines is 1. The summed E-state index contributed by atoms with van der Waals surface area (Å²) in [6.07, 6.45) is 0.915. The van der Waals surface area contributed by atoms with Crippen LogP contribution in [0, 0.1) is 0 Å². The molecule has 152 valence electrons. The van der Waals surface area contributed by atoms with Crippen LogP contribution in [0.5, 0.6) is 0 Å². The van der Waals surface area contributed by atoms with Crippen LogP contribution in [0.4, 0.5) is 5.69 Å². The first-order valence-electron chi connectivity index (χ1n) is 10.2. The lowest BCUT2D eigenvalue weighted by Crippen LogP contribution is -2.57. The molecule has 0 saturated carbocycles. The van der Waals surface area contributed by atoms with E-state index in [2.05, 4.69) is 11.0 Å². The summed E-state index contributed by atoms with van der Waals surface area (Å²) in [7, 11) is 0. The lowest BCUT2D eigenvalue weighted by Gasteiger charge is -2.38. The maximum Gasteiger partial charge on any atom is 0.247 e. The van der Waals surface area contributed by atoms with Crippen molar-refractivity contribution < 1.29 is 9.59 Å². The van der Waals surface area contributed by atoms with Crippen molar-refractivity contribution in [2.75, 3.05) is 44.2 Å². The zero-order chi connectivity index (χ0) is 20.4. The first-order chi connectivity index (χ1) is 14.0. The quantitative estimate of drug-likeness (QED) is 0.858. The van der Waals surface area contributed by atoms with E-state index in [1.54, 1.807) is 6.92 Å². The van der Waals surface area contributed by atoms with Crippen LogP contribution >= 0.6 is 0 Å². The molecular weight excluding hydrogens is 364 g/mol. The third-order valence-corrected chi connectivity index (χ3v) is 6.02. The van der Waals surface area contributed by atoms with Crippen LogP contribution < -0.4 is 10.6 Å². The van der Waals surface area contributed by atoms with Gasteiger partial charge in [0.2, 0.25) is 11.8 Å². The molecule has 2 N–H and O–H groups in total. The molecule has 1 saturated heterocycles. The van der Waals surface area contributed by atoms with Crippen molar-refractivity contribution in [2.24, 2.45) is 5.73 Å². The van der Waals surface area contributed by atoms with Crippen molar-refractivity contribution in [2.45, 2.75) is 18.9 Å². The topological polar surface area (TPSA) is 69.9 Å². The van der Waals surface area contributed by atoms with Crippen molar-refractivity contribution in [1.29, 1.82) is 0 Å². The number of para-hydroxylation sites is 1. The van der Waals surface area contributed by atoms with Gasteiger partial charge in [-0.15, -0.1) is 0 Å². The number of hydrogen-bond acceptors (Lipinski definition) is 4. The number of amides is 2. The minimum absolute atomic E-state index is 0.0665. The summed E-state index contributed by atoms with van der Waals surface area (Å²) < 4.78 is 0. The molecule has 2 amide bonds. The van der Waals surface area contributed by atoms with Crippen LogP contribution in [0.15, 0.2) is 54.6 Å². The van der Waals surface area contributed by atoms with Gasteiger partial charge in [0, 0.05) is 38.4 Å². The molecule has 0 aromatic heterocycles. The largest absolute Gasteiger partial charge is 0.338 e. The fourth-order valence-electron chi connectivity index (χ4n) is 4.22. The van der Waals surface area contributed by atoms with Gasteiger partial charge in [0.25, 0.3) is 0 Å². The Morgan fingerprint density at radius 1 is 0.931 bits per heavy atom. The molecule has 2 aliphatic heterocycles. The lowest BCUT2D eigenvalue weighted by atomic mass is 9.91. The Bertz CT molecular complexity index is 889. The smallest absolute Gasteiger partial charge is 0.247 e. The number of nitrogens with zero attached hydrogens (tertiary/aromatic N) is 3. The Labute approximate surface area is 171 Å². The van der Waals surface area contributed by atoms with Crippen molar-refractivity contribution >= 4 is 17.5 Å². The van der Waals surface area contributed by atoms with Gasteiger partial charge in [-0.3, -0.25) is 14.5 Å². The van der Waals surface area contributed by atoms with Crippen LogP contribution in [0.2, 0.25) is 0 Å². The van der Waals surface area contributed by atoms with E-state index in [9.17, 15) is 9.59 Å². The van der Waals surface area contributed by atoms with Crippen molar-refractivity contribution in [3.63, 3.8) is 0 Å². The van der Waals surface area contributed by atoms with Crippen molar-refractivity contribution in [3.8, 4) is 0 Å². The number of carbonyl (C=O) groups is 2. The van der Waals surface area contributed by atoms with Crippen LogP contribution in [-0.4, -0.2) is 60.9 Å². The van der Waals surface area contributed by atoms with E-state index in [-0.39, 0.29) is 11.8 Å². The standard InChI is InChI=1S/C23H28N4O2/c1-23(24,19-8-3-2-4-9-19)22(29)26-15-13-25(14-16-26)17-21(28)27-12-11-18-7-5-6-10-20(18)27/h2-10H,11-17,24H2,1H3. The Morgan fingerprint density at radius 3 is 2.31 bits per heavy atom. The Balaban J connectivity index is 1.33. The second-order valence-corrected chi connectivity index (χ2v) is 8.06. The molecule has 0 bridgehead atoms. The molecule has 0 radical (unpaired) electrons. The predicted octanol–water partition coefficient (Wildman–Crippen LogP) is 1.59. The fraction of sp³-hybridized carbons (Fsp3) is 0.391. The zero-order valence-corrected chi connectivity index (χ0v) is 16.9. The number of nitrogens with two attached hydrogens (primary N) is 1. The predicted molar refractivity (Wildman–Crippen MR) is 114 cm³/mol. The maximum absolute atomic E-state index is 13.0. The average molecular weight is 393 g/mol. The maximum atomic E-state index is 13.0. The molecule has 2 aromatic carbocycles. The second kappa shape index (κ2) is 7.97. The van der Waals surface area contributed by atoms with Crippen LogP contribution in [0.3, 0.4) is 0 Å². The van der Waals surface area contributed by atoms with E-state index in [0.29, 0.717) is 32.7 Å². The van der Waals surface area contributed by atoms with Gasteiger partial charge in [-0.1, -0.05) is 48.5 Å². The number of hydrogen-bond donors (Lipinski definition) is 1. The first kappa shape index (κ1) is 19.6. The second-order valence-electron chi connectivity index (χ2n) is 8.06. The van der Waals surface area contributed by atoms with Gasteiger partial charge in [0.05, 0.1) is 6.54 Å². The summed E-state index contributed by atoms with van der Waals surface area (Å²) >= 11 is 0. The molecule has 0 aliphatic carbocycles.